The zero-order chi connectivity index (χ0) is 26.6. The number of hydrogen-bond acceptors (Lipinski definition) is 5. The summed E-state index contributed by atoms with van der Waals surface area (Å²) in [5.74, 6) is -1.69. The van der Waals surface area contributed by atoms with E-state index in [-0.39, 0.29) is 11.8 Å². The Morgan fingerprint density at radius 3 is 1.45 bits per heavy atom. The third-order valence-corrected chi connectivity index (χ3v) is 7.63. The van der Waals surface area contributed by atoms with Gasteiger partial charge in [0, 0.05) is 52.0 Å². The van der Waals surface area contributed by atoms with Gasteiger partial charge in [0.05, 0.1) is 5.69 Å². The van der Waals surface area contributed by atoms with Gasteiger partial charge in [-0.15, -0.1) is 0 Å². The number of anilines is 1. The first-order valence-corrected chi connectivity index (χ1v) is 13.8. The van der Waals surface area contributed by atoms with Crippen molar-refractivity contribution in [2.75, 3.05) is 11.4 Å². The summed E-state index contributed by atoms with van der Waals surface area (Å²) in [4.78, 5) is 60.0. The Balaban J connectivity index is 1.31. The second-order valence-electron chi connectivity index (χ2n) is 10.2. The summed E-state index contributed by atoms with van der Waals surface area (Å²) in [6, 6.07) is 9.62. The maximum Gasteiger partial charge on any atom is 0.265 e. The smallest absolute Gasteiger partial charge is 0.265 e. The average molecular weight is 512 g/mol. The predicted molar refractivity (Wildman–Crippen MR) is 147 cm³/mol. The largest absolute Gasteiger partial charge is 0.274 e. The number of rotatable bonds is 12. The van der Waals surface area contributed by atoms with Crippen molar-refractivity contribution in [1.82, 2.24) is 9.88 Å². The molecule has 2 aliphatic rings. The van der Waals surface area contributed by atoms with E-state index in [2.05, 4.69) is 11.9 Å². The minimum atomic E-state index is -0.481. The van der Waals surface area contributed by atoms with Crippen LogP contribution in [0.3, 0.4) is 0 Å². The van der Waals surface area contributed by atoms with E-state index in [1.807, 2.05) is 0 Å². The van der Waals surface area contributed by atoms with Crippen LogP contribution in [-0.4, -0.2) is 40.1 Å². The molecule has 196 valence electrons. The van der Waals surface area contributed by atoms with Crippen molar-refractivity contribution >= 4 is 40.1 Å². The monoisotopic (exact) mass is 511 g/mol. The molecule has 3 aromatic rings. The van der Waals surface area contributed by atoms with E-state index in [0.29, 0.717) is 45.3 Å². The number of hydrogen-bond donors (Lipinski definition) is 0. The predicted octanol–water partition coefficient (Wildman–Crippen LogP) is 6.55. The first kappa shape index (κ1) is 25.8. The number of nitrogens with zero attached hydrogens (tertiary/aromatic N) is 3. The van der Waals surface area contributed by atoms with Crippen molar-refractivity contribution in [1.29, 1.82) is 0 Å². The fraction of sp³-hybridized carbons (Fsp3) is 0.387. The highest BCUT2D eigenvalue weighted by atomic mass is 16.2. The van der Waals surface area contributed by atoms with Gasteiger partial charge in [0.25, 0.3) is 23.6 Å². The molecule has 0 bridgehead atoms. The molecular weight excluding hydrogens is 478 g/mol. The number of carbonyl (C=O) groups is 4. The van der Waals surface area contributed by atoms with E-state index < -0.39 is 11.8 Å². The lowest BCUT2D eigenvalue weighted by atomic mass is 9.85. The Labute approximate surface area is 222 Å². The molecule has 0 unspecified atom stereocenters. The molecule has 0 fully saturated rings. The Kier molecular flexibility index (Phi) is 7.63. The second kappa shape index (κ2) is 11.3. The lowest BCUT2D eigenvalue weighted by molar-refractivity contribution is 0.0606. The molecule has 2 aliphatic heterocycles. The van der Waals surface area contributed by atoms with Crippen LogP contribution in [0.2, 0.25) is 0 Å². The fourth-order valence-electron chi connectivity index (χ4n) is 5.61. The van der Waals surface area contributed by atoms with Crippen LogP contribution >= 0.6 is 0 Å². The third-order valence-electron chi connectivity index (χ3n) is 7.63. The van der Waals surface area contributed by atoms with Gasteiger partial charge in [-0.3, -0.25) is 29.1 Å². The third kappa shape index (κ3) is 4.62. The van der Waals surface area contributed by atoms with Crippen LogP contribution in [0.1, 0.15) is 113 Å². The number of benzene rings is 2. The Morgan fingerprint density at radius 1 is 0.553 bits per heavy atom. The number of amides is 4. The van der Waals surface area contributed by atoms with Crippen molar-refractivity contribution in [3.05, 3.63) is 71.0 Å². The standard InChI is InChI=1S/C31H33N3O4/c1-2-3-4-5-6-7-8-9-10-11-20-33-28(35)22-12-14-24-27-25(15-13-23(26(22)27)29(33)36)31(38)34(30(24)37)21-16-18-32-19-17-21/h12-19H,2-11,20H2,1H3. The highest BCUT2D eigenvalue weighted by molar-refractivity contribution is 6.39. The molecule has 0 N–H and O–H groups in total. The SMILES string of the molecule is CCCCCCCCCCCCN1C(=O)c2ccc3c4c(ccc(c24)C1=O)C(=O)N(c1ccncc1)C3=O. The molecular formula is C31H33N3O4. The molecule has 7 heteroatoms. The average Bonchev–Trinajstić information content (AvgIpc) is 2.93. The molecule has 0 saturated heterocycles. The minimum absolute atomic E-state index is 0.306. The van der Waals surface area contributed by atoms with Gasteiger partial charge in [-0.2, -0.15) is 0 Å². The van der Waals surface area contributed by atoms with E-state index in [1.54, 1.807) is 36.4 Å². The molecule has 7 nitrogen and oxygen atoms in total. The molecule has 0 radical (unpaired) electrons. The van der Waals surface area contributed by atoms with Crippen LogP contribution in [0, 0.1) is 0 Å². The maximum absolute atomic E-state index is 13.4. The molecule has 0 atom stereocenters. The summed E-state index contributed by atoms with van der Waals surface area (Å²) < 4.78 is 0. The van der Waals surface area contributed by atoms with Gasteiger partial charge in [-0.05, 0) is 42.8 Å². The summed E-state index contributed by atoms with van der Waals surface area (Å²) in [6.07, 6.45) is 14.8. The van der Waals surface area contributed by atoms with Crippen molar-refractivity contribution in [2.24, 2.45) is 0 Å². The summed E-state index contributed by atoms with van der Waals surface area (Å²) in [5.41, 5.74) is 1.76. The van der Waals surface area contributed by atoms with Crippen molar-refractivity contribution in [3.63, 3.8) is 0 Å². The topological polar surface area (TPSA) is 87.7 Å². The molecule has 2 aromatic carbocycles. The van der Waals surface area contributed by atoms with Crippen molar-refractivity contribution in [3.8, 4) is 0 Å². The Hall–Kier alpha value is -3.87. The summed E-state index contributed by atoms with van der Waals surface area (Å²) in [7, 11) is 0. The van der Waals surface area contributed by atoms with E-state index in [0.717, 1.165) is 24.2 Å². The lowest BCUT2D eigenvalue weighted by Crippen LogP contribution is -2.43. The van der Waals surface area contributed by atoms with Gasteiger partial charge in [-0.1, -0.05) is 64.7 Å². The Bertz CT molecular complexity index is 1330. The summed E-state index contributed by atoms with van der Waals surface area (Å²) >= 11 is 0. The van der Waals surface area contributed by atoms with Crippen LogP contribution in [0.5, 0.6) is 0 Å². The summed E-state index contributed by atoms with van der Waals surface area (Å²) in [5, 5.41) is 0.797. The van der Waals surface area contributed by atoms with Gasteiger partial charge in [0.2, 0.25) is 0 Å². The number of carbonyl (C=O) groups excluding carboxylic acids is 4. The van der Waals surface area contributed by atoms with Crippen LogP contribution in [0.25, 0.3) is 10.8 Å². The number of pyridine rings is 1. The summed E-state index contributed by atoms with van der Waals surface area (Å²) in [6.45, 7) is 2.59. The van der Waals surface area contributed by atoms with E-state index in [1.165, 1.54) is 62.2 Å². The molecule has 38 heavy (non-hydrogen) atoms. The van der Waals surface area contributed by atoms with Gasteiger partial charge >= 0.3 is 0 Å². The van der Waals surface area contributed by atoms with Crippen LogP contribution in [0.15, 0.2) is 48.8 Å². The lowest BCUT2D eigenvalue weighted by Gasteiger charge is -2.31. The fourth-order valence-corrected chi connectivity index (χ4v) is 5.61. The molecule has 4 amide bonds. The molecule has 0 aliphatic carbocycles. The second-order valence-corrected chi connectivity index (χ2v) is 10.2. The van der Waals surface area contributed by atoms with E-state index >= 15 is 0 Å². The molecule has 0 spiro atoms. The highest BCUT2D eigenvalue weighted by Gasteiger charge is 2.39. The molecule has 0 saturated carbocycles. The number of unbranched alkanes of at least 4 members (excludes halogenated alkanes) is 9. The van der Waals surface area contributed by atoms with E-state index in [9.17, 15) is 19.2 Å². The normalized spacial score (nSPS) is 14.7. The zero-order valence-electron chi connectivity index (χ0n) is 21.9. The van der Waals surface area contributed by atoms with Crippen molar-refractivity contribution < 1.29 is 19.2 Å². The molecule has 1 aromatic heterocycles. The number of imide groups is 2. The van der Waals surface area contributed by atoms with Crippen molar-refractivity contribution in [2.45, 2.75) is 71.1 Å². The quantitative estimate of drug-likeness (QED) is 0.203. The van der Waals surface area contributed by atoms with Gasteiger partial charge in [-0.25, -0.2) is 4.90 Å². The number of aromatic nitrogens is 1. The maximum atomic E-state index is 13.4. The first-order chi connectivity index (χ1) is 18.5. The van der Waals surface area contributed by atoms with Gasteiger partial charge < -0.3 is 0 Å². The van der Waals surface area contributed by atoms with E-state index in [4.69, 9.17) is 0 Å². The minimum Gasteiger partial charge on any atom is -0.274 e. The first-order valence-electron chi connectivity index (χ1n) is 13.8. The van der Waals surface area contributed by atoms with Gasteiger partial charge in [0.1, 0.15) is 0 Å². The Morgan fingerprint density at radius 2 is 0.974 bits per heavy atom. The van der Waals surface area contributed by atoms with Crippen LogP contribution in [-0.2, 0) is 0 Å². The van der Waals surface area contributed by atoms with Gasteiger partial charge in [0.15, 0.2) is 0 Å². The molecule has 5 rings (SSSR count). The zero-order valence-corrected chi connectivity index (χ0v) is 21.9. The molecule has 3 heterocycles. The van der Waals surface area contributed by atoms with Crippen LogP contribution < -0.4 is 4.90 Å². The highest BCUT2D eigenvalue weighted by Crippen LogP contribution is 2.39. The van der Waals surface area contributed by atoms with Crippen LogP contribution in [0.4, 0.5) is 5.69 Å².